The van der Waals surface area contributed by atoms with Crippen molar-refractivity contribution in [3.8, 4) is 41.2 Å². The van der Waals surface area contributed by atoms with E-state index in [0.29, 0.717) is 56.2 Å². The summed E-state index contributed by atoms with van der Waals surface area (Å²) in [6.45, 7) is 3.63. The van der Waals surface area contributed by atoms with Gasteiger partial charge in [-0.05, 0) is 87.9 Å². The monoisotopic (exact) mass is 713 g/mol. The van der Waals surface area contributed by atoms with E-state index in [4.69, 9.17) is 30.6 Å². The maximum Gasteiger partial charge on any atom is 0.319 e. The number of pyridine rings is 1. The summed E-state index contributed by atoms with van der Waals surface area (Å²) in [5.74, 6) is 1.30. The molecule has 2 aromatic heterocycles. The van der Waals surface area contributed by atoms with Crippen LogP contribution in [0.3, 0.4) is 0 Å². The molecule has 0 unspecified atom stereocenters. The number of halogens is 2. The number of hydrogen-bond donors (Lipinski definition) is 2. The molecule has 0 bridgehead atoms. The first-order valence-electron chi connectivity index (χ1n) is 18.6. The van der Waals surface area contributed by atoms with Crippen LogP contribution in [0.2, 0.25) is 0 Å². The Bertz CT molecular complexity index is 2020. The summed E-state index contributed by atoms with van der Waals surface area (Å²) in [5, 5.41) is 21.8. The number of aliphatic hydroxyl groups excluding tert-OH is 1. The topological polar surface area (TPSA) is 113 Å². The highest BCUT2D eigenvalue weighted by atomic mass is 19.1. The maximum absolute atomic E-state index is 17.2. The van der Waals surface area contributed by atoms with E-state index in [-0.39, 0.29) is 62.3 Å². The third-order valence-electron chi connectivity index (χ3n) is 11.9. The van der Waals surface area contributed by atoms with Gasteiger partial charge in [0.1, 0.15) is 34.0 Å². The third-order valence-corrected chi connectivity index (χ3v) is 11.9. The smallest absolute Gasteiger partial charge is 0.319 e. The van der Waals surface area contributed by atoms with Crippen molar-refractivity contribution < 1.29 is 33.2 Å². The van der Waals surface area contributed by atoms with Crippen molar-refractivity contribution in [1.82, 2.24) is 19.9 Å². The Labute approximate surface area is 302 Å². The standard InChI is InChI=1S/C40H45F2N5O5/c1-3-28-30(41)13-8-24-21-27(49)22-29(32(24)28)35-34(42)36-33(38(43-35)50-2)37(46-16-6-19-51-20-18-46)45-39(44-36)52-23-40-14-4-7-31(40)47(17-5-15-40)25-9-11-26(48)12-10-25/h1,8,13,21-22,25-26,31,48-49H,4-7,9-12,14-20,23H2,2H3/t25?,26?,31-,40-/m1/s1. The largest absolute Gasteiger partial charge is 0.508 e. The fourth-order valence-electron chi connectivity index (χ4n) is 9.41. The predicted molar refractivity (Wildman–Crippen MR) is 194 cm³/mol. The summed E-state index contributed by atoms with van der Waals surface area (Å²) in [5.41, 5.74) is -0.304. The SMILES string of the molecule is C#Cc1c(F)ccc2cc(O)cc(-c3nc(OC)c4c(N5CCCOCC5)nc(OC[C@]56CCC[C@H]5N(C5CCC(O)CC5)CCC6)nc4c3F)c12. The second-order valence-electron chi connectivity index (χ2n) is 14.8. The maximum atomic E-state index is 17.2. The fraction of sp³-hybridized carbons (Fsp3) is 0.525. The number of piperidine rings is 1. The molecule has 2 saturated carbocycles. The van der Waals surface area contributed by atoms with Gasteiger partial charge < -0.3 is 29.3 Å². The molecule has 2 N–H and O–H groups in total. The minimum absolute atomic E-state index is 0.0554. The molecule has 0 radical (unpaired) electrons. The number of phenols is 1. The number of benzene rings is 2. The molecule has 0 amide bonds. The number of anilines is 1. The van der Waals surface area contributed by atoms with E-state index in [1.54, 1.807) is 0 Å². The summed E-state index contributed by atoms with van der Waals surface area (Å²) < 4.78 is 50.4. The van der Waals surface area contributed by atoms with Gasteiger partial charge in [-0.15, -0.1) is 6.42 Å². The normalized spacial score (nSPS) is 25.5. The number of rotatable bonds is 7. The van der Waals surface area contributed by atoms with E-state index >= 15 is 8.78 Å². The summed E-state index contributed by atoms with van der Waals surface area (Å²) in [6.07, 6.45) is 15.3. The lowest BCUT2D eigenvalue weighted by Gasteiger charge is -2.50. The lowest BCUT2D eigenvalue weighted by atomic mass is 9.74. The van der Waals surface area contributed by atoms with Gasteiger partial charge in [0.15, 0.2) is 5.82 Å². The fourth-order valence-corrected chi connectivity index (χ4v) is 9.41. The third kappa shape index (κ3) is 6.16. The molecule has 4 aromatic rings. The number of ether oxygens (including phenoxy) is 3. The van der Waals surface area contributed by atoms with E-state index in [0.717, 1.165) is 70.8 Å². The number of nitrogens with zero attached hydrogens (tertiary/aromatic N) is 5. The van der Waals surface area contributed by atoms with Crippen molar-refractivity contribution >= 4 is 27.5 Å². The van der Waals surface area contributed by atoms with Crippen LogP contribution in [-0.2, 0) is 4.74 Å². The number of aromatic nitrogens is 3. The lowest BCUT2D eigenvalue weighted by molar-refractivity contribution is -0.0389. The van der Waals surface area contributed by atoms with Gasteiger partial charge in [0.05, 0.1) is 32.0 Å². The quantitative estimate of drug-likeness (QED) is 0.210. The van der Waals surface area contributed by atoms with Crippen LogP contribution in [0, 0.1) is 29.4 Å². The van der Waals surface area contributed by atoms with Crippen molar-refractivity contribution in [2.45, 2.75) is 82.4 Å². The molecule has 52 heavy (non-hydrogen) atoms. The highest BCUT2D eigenvalue weighted by Crippen LogP contribution is 2.50. The zero-order valence-electron chi connectivity index (χ0n) is 29.5. The van der Waals surface area contributed by atoms with Crippen molar-refractivity contribution in [2.24, 2.45) is 5.41 Å². The summed E-state index contributed by atoms with van der Waals surface area (Å²) >= 11 is 0. The molecule has 4 fully saturated rings. The Morgan fingerprint density at radius 2 is 1.81 bits per heavy atom. The predicted octanol–water partition coefficient (Wildman–Crippen LogP) is 6.36. The first kappa shape index (κ1) is 34.8. The average Bonchev–Trinajstić information content (AvgIpc) is 3.40. The first-order chi connectivity index (χ1) is 25.3. The number of phenolic OH excluding ortho intramolecular Hbond substituents is 1. The minimum Gasteiger partial charge on any atom is -0.508 e. The molecule has 10 nitrogen and oxygen atoms in total. The van der Waals surface area contributed by atoms with Gasteiger partial charge in [0.2, 0.25) is 5.88 Å². The highest BCUT2D eigenvalue weighted by molar-refractivity contribution is 6.04. The van der Waals surface area contributed by atoms with E-state index in [9.17, 15) is 10.2 Å². The number of fused-ring (bicyclic) bond motifs is 3. The number of hydrogen-bond acceptors (Lipinski definition) is 10. The average molecular weight is 714 g/mol. The molecule has 2 aliphatic heterocycles. The molecule has 2 aromatic carbocycles. The van der Waals surface area contributed by atoms with Gasteiger partial charge in [0.25, 0.3) is 0 Å². The van der Waals surface area contributed by atoms with Gasteiger partial charge in [-0.2, -0.15) is 9.97 Å². The van der Waals surface area contributed by atoms with Gasteiger partial charge in [0, 0.05) is 48.1 Å². The van der Waals surface area contributed by atoms with Gasteiger partial charge in [-0.3, -0.25) is 4.90 Å². The zero-order chi connectivity index (χ0) is 36.0. The molecule has 8 rings (SSSR count). The van der Waals surface area contributed by atoms with Crippen LogP contribution in [0.4, 0.5) is 14.6 Å². The summed E-state index contributed by atoms with van der Waals surface area (Å²) in [7, 11) is 1.44. The first-order valence-corrected chi connectivity index (χ1v) is 18.6. The van der Waals surface area contributed by atoms with Crippen LogP contribution in [0.15, 0.2) is 24.3 Å². The van der Waals surface area contributed by atoms with Crippen molar-refractivity contribution in [3.05, 3.63) is 41.5 Å². The van der Waals surface area contributed by atoms with Crippen LogP contribution < -0.4 is 14.4 Å². The van der Waals surface area contributed by atoms with Crippen LogP contribution >= 0.6 is 0 Å². The Hall–Kier alpha value is -4.31. The summed E-state index contributed by atoms with van der Waals surface area (Å²) in [4.78, 5) is 19.0. The summed E-state index contributed by atoms with van der Waals surface area (Å²) in [6, 6.07) is 6.36. The Balaban J connectivity index is 1.24. The van der Waals surface area contributed by atoms with E-state index in [2.05, 4.69) is 15.8 Å². The van der Waals surface area contributed by atoms with Crippen molar-refractivity contribution in [2.75, 3.05) is 51.5 Å². The second kappa shape index (κ2) is 14.3. The van der Waals surface area contributed by atoms with E-state index in [1.807, 2.05) is 4.90 Å². The van der Waals surface area contributed by atoms with Crippen LogP contribution in [0.1, 0.15) is 69.8 Å². The lowest BCUT2D eigenvalue weighted by Crippen LogP contribution is -2.56. The Morgan fingerprint density at radius 3 is 2.62 bits per heavy atom. The molecular formula is C40H45F2N5O5. The number of terminal acetylenes is 1. The molecule has 274 valence electrons. The molecule has 0 spiro atoms. The molecule has 12 heteroatoms. The Kier molecular flexibility index (Phi) is 9.53. The molecule has 4 aliphatic rings. The molecule has 2 atom stereocenters. The van der Waals surface area contributed by atoms with Gasteiger partial charge >= 0.3 is 6.01 Å². The number of likely N-dealkylation sites (tertiary alicyclic amines) is 1. The number of aromatic hydroxyl groups is 1. The molecule has 2 saturated heterocycles. The molecule has 2 aliphatic carbocycles. The number of methoxy groups -OCH3 is 1. The van der Waals surface area contributed by atoms with Crippen LogP contribution in [0.5, 0.6) is 17.6 Å². The van der Waals surface area contributed by atoms with E-state index in [1.165, 1.54) is 31.4 Å². The van der Waals surface area contributed by atoms with Crippen LogP contribution in [-0.4, -0.2) is 94.8 Å². The van der Waals surface area contributed by atoms with Crippen LogP contribution in [0.25, 0.3) is 32.9 Å². The zero-order valence-corrected chi connectivity index (χ0v) is 29.5. The molecular weight excluding hydrogens is 668 g/mol. The van der Waals surface area contributed by atoms with Crippen molar-refractivity contribution in [1.29, 1.82) is 0 Å². The van der Waals surface area contributed by atoms with Gasteiger partial charge in [-0.1, -0.05) is 18.4 Å². The second-order valence-corrected chi connectivity index (χ2v) is 14.8. The molecule has 4 heterocycles. The van der Waals surface area contributed by atoms with E-state index < -0.39 is 11.6 Å². The van der Waals surface area contributed by atoms with Gasteiger partial charge in [-0.25, -0.2) is 13.8 Å². The highest BCUT2D eigenvalue weighted by Gasteiger charge is 2.50. The minimum atomic E-state index is -0.797. The van der Waals surface area contributed by atoms with Crippen molar-refractivity contribution in [3.63, 3.8) is 0 Å². The Morgan fingerprint density at radius 1 is 0.981 bits per heavy atom. The number of aliphatic hydroxyl groups is 1.